The lowest BCUT2D eigenvalue weighted by Gasteiger charge is -2.06. The number of nitrogens with one attached hydrogen (secondary N) is 1. The molecule has 0 bridgehead atoms. The van der Waals surface area contributed by atoms with Crippen LogP contribution in [0.3, 0.4) is 0 Å². The van der Waals surface area contributed by atoms with Gasteiger partial charge in [0, 0.05) is 24.0 Å². The molecular formula is C11H19NOS2. The van der Waals surface area contributed by atoms with Gasteiger partial charge in [0.25, 0.3) is 0 Å². The maximum Gasteiger partial charge on any atom is 0.220 e. The number of hydrogen-bond acceptors (Lipinski definition) is 3. The van der Waals surface area contributed by atoms with Crippen LogP contribution in [0.15, 0.2) is 12.7 Å². The van der Waals surface area contributed by atoms with Crippen molar-refractivity contribution >= 4 is 27.5 Å². The lowest BCUT2D eigenvalue weighted by atomic mass is 10.1. The smallest absolute Gasteiger partial charge is 0.220 e. The molecule has 0 saturated carbocycles. The van der Waals surface area contributed by atoms with Crippen molar-refractivity contribution in [1.29, 1.82) is 0 Å². The SMILES string of the molecule is C=CCNC(=O)CCCC[C@H]1CCSS1. The van der Waals surface area contributed by atoms with Crippen LogP contribution in [0, 0.1) is 0 Å². The van der Waals surface area contributed by atoms with E-state index in [0.29, 0.717) is 13.0 Å². The molecule has 0 spiro atoms. The summed E-state index contributed by atoms with van der Waals surface area (Å²) in [5.74, 6) is 1.46. The summed E-state index contributed by atoms with van der Waals surface area (Å²) in [7, 11) is 4.00. The third kappa shape index (κ3) is 6.15. The third-order valence-electron chi connectivity index (χ3n) is 2.35. The van der Waals surface area contributed by atoms with Crippen molar-refractivity contribution in [3.05, 3.63) is 12.7 Å². The molecule has 2 nitrogen and oxygen atoms in total. The Kier molecular flexibility index (Phi) is 7.01. The minimum absolute atomic E-state index is 0.156. The summed E-state index contributed by atoms with van der Waals surface area (Å²) in [5.41, 5.74) is 0. The highest BCUT2D eigenvalue weighted by atomic mass is 33.1. The average molecular weight is 245 g/mol. The summed E-state index contributed by atoms with van der Waals surface area (Å²) in [6.07, 6.45) is 7.19. The number of carbonyl (C=O) groups excluding carboxylic acids is 1. The van der Waals surface area contributed by atoms with Crippen LogP contribution in [0.4, 0.5) is 0 Å². The number of hydrogen-bond donors (Lipinski definition) is 1. The lowest BCUT2D eigenvalue weighted by Crippen LogP contribution is -2.22. The van der Waals surface area contributed by atoms with E-state index >= 15 is 0 Å². The van der Waals surface area contributed by atoms with Crippen molar-refractivity contribution in [2.75, 3.05) is 12.3 Å². The molecule has 1 N–H and O–H groups in total. The average Bonchev–Trinajstić information content (AvgIpc) is 2.74. The van der Waals surface area contributed by atoms with Crippen LogP contribution in [-0.4, -0.2) is 23.5 Å². The molecule has 0 aromatic heterocycles. The standard InChI is InChI=1S/C11H19NOS2/c1-2-8-12-11(13)6-4-3-5-10-7-9-14-15-10/h2,10H,1,3-9H2,(H,12,13)/t10-/m0/s1. The molecule has 0 aromatic rings. The van der Waals surface area contributed by atoms with E-state index in [-0.39, 0.29) is 5.91 Å². The van der Waals surface area contributed by atoms with E-state index in [0.717, 1.165) is 11.7 Å². The van der Waals surface area contributed by atoms with Crippen LogP contribution in [-0.2, 0) is 4.79 Å². The van der Waals surface area contributed by atoms with Crippen LogP contribution < -0.4 is 5.32 Å². The third-order valence-corrected chi connectivity index (χ3v) is 5.36. The van der Waals surface area contributed by atoms with E-state index in [9.17, 15) is 4.79 Å². The second-order valence-electron chi connectivity index (χ2n) is 3.67. The summed E-state index contributed by atoms with van der Waals surface area (Å²) < 4.78 is 0. The molecule has 0 aliphatic carbocycles. The van der Waals surface area contributed by atoms with Crippen molar-refractivity contribution in [2.24, 2.45) is 0 Å². The molecule has 1 heterocycles. The van der Waals surface area contributed by atoms with E-state index in [1.807, 2.05) is 21.6 Å². The Balaban J connectivity index is 1.91. The Morgan fingerprint density at radius 1 is 1.53 bits per heavy atom. The van der Waals surface area contributed by atoms with Crippen molar-refractivity contribution in [2.45, 2.75) is 37.4 Å². The maximum absolute atomic E-state index is 11.2. The van der Waals surface area contributed by atoms with Gasteiger partial charge in [-0.15, -0.1) is 6.58 Å². The minimum Gasteiger partial charge on any atom is -0.353 e. The Bertz CT molecular complexity index is 203. The molecule has 1 aliphatic heterocycles. The summed E-state index contributed by atoms with van der Waals surface area (Å²) >= 11 is 0. The van der Waals surface area contributed by atoms with Crippen LogP contribution in [0.1, 0.15) is 32.1 Å². The zero-order valence-electron chi connectivity index (χ0n) is 9.04. The second-order valence-corrected chi connectivity index (χ2v) is 6.45. The van der Waals surface area contributed by atoms with Gasteiger partial charge in [0.15, 0.2) is 0 Å². The van der Waals surface area contributed by atoms with Gasteiger partial charge < -0.3 is 5.32 Å². The first-order chi connectivity index (χ1) is 7.33. The molecular weight excluding hydrogens is 226 g/mol. The zero-order valence-corrected chi connectivity index (χ0v) is 10.7. The largest absolute Gasteiger partial charge is 0.353 e. The normalized spacial score (nSPS) is 20.1. The van der Waals surface area contributed by atoms with E-state index in [1.54, 1.807) is 6.08 Å². The fourth-order valence-electron chi connectivity index (χ4n) is 1.50. The van der Waals surface area contributed by atoms with Crippen LogP contribution >= 0.6 is 21.6 Å². The highest BCUT2D eigenvalue weighted by Gasteiger charge is 2.15. The molecule has 1 fully saturated rings. The number of rotatable bonds is 7. The first kappa shape index (κ1) is 13.0. The molecule has 0 aromatic carbocycles. The fourth-order valence-corrected chi connectivity index (χ4v) is 4.52. The van der Waals surface area contributed by atoms with E-state index < -0.39 is 0 Å². The van der Waals surface area contributed by atoms with Gasteiger partial charge in [-0.3, -0.25) is 4.79 Å². The minimum atomic E-state index is 0.156. The summed E-state index contributed by atoms with van der Waals surface area (Å²) in [6.45, 7) is 4.15. The molecule has 4 heteroatoms. The Hall–Kier alpha value is -0.0900. The summed E-state index contributed by atoms with van der Waals surface area (Å²) in [5, 5.41) is 3.63. The van der Waals surface area contributed by atoms with Gasteiger partial charge >= 0.3 is 0 Å². The molecule has 1 atom stereocenters. The Labute approximate surface area is 100 Å². The zero-order chi connectivity index (χ0) is 10.9. The highest BCUT2D eigenvalue weighted by Crippen LogP contribution is 2.39. The number of carbonyl (C=O) groups is 1. The van der Waals surface area contributed by atoms with E-state index in [1.165, 1.54) is 25.0 Å². The molecule has 1 amide bonds. The predicted molar refractivity (Wildman–Crippen MR) is 70.1 cm³/mol. The first-order valence-electron chi connectivity index (χ1n) is 5.49. The quantitative estimate of drug-likeness (QED) is 0.425. The highest BCUT2D eigenvalue weighted by molar-refractivity contribution is 8.77. The van der Waals surface area contributed by atoms with Crippen molar-refractivity contribution < 1.29 is 4.79 Å². The number of amides is 1. The summed E-state index contributed by atoms with van der Waals surface area (Å²) in [4.78, 5) is 11.2. The van der Waals surface area contributed by atoms with E-state index in [2.05, 4.69) is 11.9 Å². The Morgan fingerprint density at radius 2 is 2.40 bits per heavy atom. The van der Waals surface area contributed by atoms with Gasteiger partial charge in [0.2, 0.25) is 5.91 Å². The van der Waals surface area contributed by atoms with Gasteiger partial charge in [0.05, 0.1) is 0 Å². The molecule has 86 valence electrons. The van der Waals surface area contributed by atoms with Crippen molar-refractivity contribution in [1.82, 2.24) is 5.32 Å². The molecule has 15 heavy (non-hydrogen) atoms. The van der Waals surface area contributed by atoms with Crippen molar-refractivity contribution in [3.8, 4) is 0 Å². The molecule has 0 unspecified atom stereocenters. The van der Waals surface area contributed by atoms with Crippen LogP contribution in [0.5, 0.6) is 0 Å². The van der Waals surface area contributed by atoms with Gasteiger partial charge in [-0.05, 0) is 19.3 Å². The second kappa shape index (κ2) is 8.11. The molecule has 1 saturated heterocycles. The monoisotopic (exact) mass is 245 g/mol. The number of unbranched alkanes of at least 4 members (excludes halogenated alkanes) is 1. The Morgan fingerprint density at radius 3 is 3.07 bits per heavy atom. The fraction of sp³-hybridized carbons (Fsp3) is 0.727. The van der Waals surface area contributed by atoms with Crippen molar-refractivity contribution in [3.63, 3.8) is 0 Å². The molecule has 1 rings (SSSR count). The molecule has 1 aliphatic rings. The molecule has 0 radical (unpaired) electrons. The first-order valence-corrected chi connectivity index (χ1v) is 7.87. The lowest BCUT2D eigenvalue weighted by molar-refractivity contribution is -0.121. The topological polar surface area (TPSA) is 29.1 Å². The predicted octanol–water partition coefficient (Wildman–Crippen LogP) is 3.00. The van der Waals surface area contributed by atoms with Gasteiger partial charge in [-0.2, -0.15) is 0 Å². The maximum atomic E-state index is 11.2. The van der Waals surface area contributed by atoms with Gasteiger partial charge in [-0.1, -0.05) is 34.1 Å². The van der Waals surface area contributed by atoms with Gasteiger partial charge in [-0.25, -0.2) is 0 Å². The van der Waals surface area contributed by atoms with Gasteiger partial charge in [0.1, 0.15) is 0 Å². The summed E-state index contributed by atoms with van der Waals surface area (Å²) in [6, 6.07) is 0. The van der Waals surface area contributed by atoms with Crippen LogP contribution in [0.25, 0.3) is 0 Å². The van der Waals surface area contributed by atoms with Crippen LogP contribution in [0.2, 0.25) is 0 Å². The van der Waals surface area contributed by atoms with E-state index in [4.69, 9.17) is 0 Å².